The van der Waals surface area contributed by atoms with Gasteiger partial charge < -0.3 is 0 Å². The molecule has 0 spiro atoms. The number of hydrazine groups is 1. The van der Waals surface area contributed by atoms with Crippen LogP contribution in [0.5, 0.6) is 0 Å². The average Bonchev–Trinajstić information content (AvgIpc) is 3.19. The highest BCUT2D eigenvalue weighted by Crippen LogP contribution is 2.28. The van der Waals surface area contributed by atoms with Gasteiger partial charge in [0.2, 0.25) is 0 Å². The number of nitrogens with zero attached hydrogens (tertiary/aromatic N) is 2. The standard InChI is InChI=1S/C18H20N4O3S2/c1-11-5-7-14(8-6-11)15-9-10-26-16(15)18(23)19-21-27(24,25)17-12(2)20-22(4)13(17)3/h5-10,21H,1-4H3,(H,19,23). The molecule has 27 heavy (non-hydrogen) atoms. The van der Waals surface area contributed by atoms with Gasteiger partial charge in [-0.05, 0) is 37.8 Å². The minimum absolute atomic E-state index is 0.0650. The van der Waals surface area contributed by atoms with Crippen molar-refractivity contribution in [1.82, 2.24) is 20.0 Å². The van der Waals surface area contributed by atoms with Crippen LogP contribution in [-0.4, -0.2) is 24.1 Å². The Morgan fingerprint density at radius 1 is 1.11 bits per heavy atom. The summed E-state index contributed by atoms with van der Waals surface area (Å²) in [7, 11) is -2.26. The Kier molecular flexibility index (Phi) is 5.18. The Balaban J connectivity index is 1.81. The predicted octanol–water partition coefficient (Wildman–Crippen LogP) is 2.70. The molecule has 1 amide bonds. The Hall–Kier alpha value is -2.49. The number of benzene rings is 1. The van der Waals surface area contributed by atoms with Gasteiger partial charge in [0.1, 0.15) is 9.77 Å². The highest BCUT2D eigenvalue weighted by Gasteiger charge is 2.25. The van der Waals surface area contributed by atoms with Crippen LogP contribution >= 0.6 is 11.3 Å². The lowest BCUT2D eigenvalue weighted by Gasteiger charge is -2.09. The van der Waals surface area contributed by atoms with E-state index in [0.717, 1.165) is 16.7 Å². The Morgan fingerprint density at radius 2 is 1.78 bits per heavy atom. The van der Waals surface area contributed by atoms with Crippen molar-refractivity contribution >= 4 is 27.3 Å². The van der Waals surface area contributed by atoms with E-state index in [4.69, 9.17) is 0 Å². The number of sulfonamides is 1. The van der Waals surface area contributed by atoms with Crippen LogP contribution in [0, 0.1) is 20.8 Å². The second kappa shape index (κ2) is 7.26. The van der Waals surface area contributed by atoms with E-state index in [-0.39, 0.29) is 4.90 Å². The zero-order valence-corrected chi connectivity index (χ0v) is 17.0. The van der Waals surface area contributed by atoms with E-state index in [0.29, 0.717) is 16.3 Å². The number of aryl methyl sites for hydroxylation is 3. The number of hydrogen-bond acceptors (Lipinski definition) is 5. The summed E-state index contributed by atoms with van der Waals surface area (Å²) in [6.07, 6.45) is 0. The van der Waals surface area contributed by atoms with Crippen LogP contribution < -0.4 is 10.3 Å². The molecule has 0 radical (unpaired) electrons. The molecule has 0 saturated heterocycles. The first kappa shape index (κ1) is 19.3. The van der Waals surface area contributed by atoms with Crippen LogP contribution in [0.1, 0.15) is 26.6 Å². The lowest BCUT2D eigenvalue weighted by atomic mass is 10.1. The van der Waals surface area contributed by atoms with Crippen molar-refractivity contribution in [2.24, 2.45) is 7.05 Å². The third kappa shape index (κ3) is 3.80. The molecule has 9 heteroatoms. The van der Waals surface area contributed by atoms with E-state index in [1.54, 1.807) is 26.3 Å². The molecule has 142 valence electrons. The molecule has 0 fully saturated rings. The lowest BCUT2D eigenvalue weighted by molar-refractivity contribution is 0.0949. The average molecular weight is 405 g/mol. The quantitative estimate of drug-likeness (QED) is 0.640. The van der Waals surface area contributed by atoms with Crippen LogP contribution in [0.25, 0.3) is 11.1 Å². The van der Waals surface area contributed by atoms with Gasteiger partial charge in [-0.25, -0.2) is 8.42 Å². The zero-order valence-electron chi connectivity index (χ0n) is 15.4. The number of amides is 1. The number of rotatable bonds is 5. The van der Waals surface area contributed by atoms with Crippen LogP contribution in [-0.2, 0) is 17.1 Å². The van der Waals surface area contributed by atoms with E-state index >= 15 is 0 Å². The van der Waals surface area contributed by atoms with E-state index < -0.39 is 15.9 Å². The monoisotopic (exact) mass is 404 g/mol. The van der Waals surface area contributed by atoms with Crippen molar-refractivity contribution in [2.45, 2.75) is 25.7 Å². The van der Waals surface area contributed by atoms with E-state index in [2.05, 4.69) is 15.4 Å². The number of carbonyl (C=O) groups excluding carboxylic acids is 1. The second-order valence-electron chi connectivity index (χ2n) is 6.21. The maximum Gasteiger partial charge on any atom is 0.276 e. The Bertz CT molecular complexity index is 1100. The summed E-state index contributed by atoms with van der Waals surface area (Å²) in [5.41, 5.74) is 5.94. The van der Waals surface area contributed by atoms with Gasteiger partial charge in [0.25, 0.3) is 15.9 Å². The van der Waals surface area contributed by atoms with Crippen LogP contribution in [0.3, 0.4) is 0 Å². The van der Waals surface area contributed by atoms with Gasteiger partial charge in [-0.2, -0.15) is 5.10 Å². The molecule has 0 aliphatic carbocycles. The van der Waals surface area contributed by atoms with Crippen molar-refractivity contribution in [1.29, 1.82) is 0 Å². The normalized spacial score (nSPS) is 11.6. The number of nitrogens with one attached hydrogen (secondary N) is 2. The number of thiophene rings is 1. The topological polar surface area (TPSA) is 93.1 Å². The molecule has 0 unspecified atom stereocenters. The molecule has 2 N–H and O–H groups in total. The minimum atomic E-state index is -3.93. The highest BCUT2D eigenvalue weighted by atomic mass is 32.2. The molecule has 0 bridgehead atoms. The molecule has 2 heterocycles. The summed E-state index contributed by atoms with van der Waals surface area (Å²) >= 11 is 1.25. The second-order valence-corrected chi connectivity index (χ2v) is 8.75. The molecule has 3 aromatic rings. The Morgan fingerprint density at radius 3 is 2.37 bits per heavy atom. The zero-order chi connectivity index (χ0) is 19.8. The van der Waals surface area contributed by atoms with E-state index in [1.165, 1.54) is 16.0 Å². The van der Waals surface area contributed by atoms with Gasteiger partial charge in [-0.15, -0.1) is 16.2 Å². The molecule has 0 saturated carbocycles. The Labute approximate surface area is 162 Å². The fraction of sp³-hybridized carbons (Fsp3) is 0.222. The van der Waals surface area contributed by atoms with Gasteiger partial charge >= 0.3 is 0 Å². The van der Waals surface area contributed by atoms with Crippen molar-refractivity contribution < 1.29 is 13.2 Å². The summed E-state index contributed by atoms with van der Waals surface area (Å²) < 4.78 is 26.6. The number of carbonyl (C=O) groups is 1. The molecular formula is C18H20N4O3S2. The smallest absolute Gasteiger partial charge is 0.273 e. The van der Waals surface area contributed by atoms with Gasteiger partial charge in [0.15, 0.2) is 0 Å². The summed E-state index contributed by atoms with van der Waals surface area (Å²) in [4.78, 5) is 15.2. The van der Waals surface area contributed by atoms with Crippen molar-refractivity contribution in [3.05, 3.63) is 57.5 Å². The summed E-state index contributed by atoms with van der Waals surface area (Å²) in [6, 6.07) is 9.63. The van der Waals surface area contributed by atoms with Crippen molar-refractivity contribution in [3.63, 3.8) is 0 Å². The fourth-order valence-corrected chi connectivity index (χ4v) is 4.90. The third-order valence-electron chi connectivity index (χ3n) is 4.24. The minimum Gasteiger partial charge on any atom is -0.273 e. The first-order chi connectivity index (χ1) is 12.7. The molecule has 7 nitrogen and oxygen atoms in total. The van der Waals surface area contributed by atoms with E-state index in [9.17, 15) is 13.2 Å². The van der Waals surface area contributed by atoms with Crippen LogP contribution in [0.4, 0.5) is 0 Å². The van der Waals surface area contributed by atoms with Crippen LogP contribution in [0.2, 0.25) is 0 Å². The molecule has 2 aromatic heterocycles. The number of aromatic nitrogens is 2. The summed E-state index contributed by atoms with van der Waals surface area (Å²) in [6.45, 7) is 5.26. The first-order valence-corrected chi connectivity index (χ1v) is 10.5. The van der Waals surface area contributed by atoms with Crippen molar-refractivity contribution in [2.75, 3.05) is 0 Å². The SMILES string of the molecule is Cc1ccc(-c2ccsc2C(=O)NNS(=O)(=O)c2c(C)nn(C)c2C)cc1. The molecule has 1 aromatic carbocycles. The van der Waals surface area contributed by atoms with Gasteiger partial charge in [-0.3, -0.25) is 14.9 Å². The van der Waals surface area contributed by atoms with Crippen LogP contribution in [0.15, 0.2) is 40.6 Å². The molecule has 0 aliphatic rings. The molecule has 0 atom stereocenters. The molecular weight excluding hydrogens is 384 g/mol. The third-order valence-corrected chi connectivity index (χ3v) is 6.66. The maximum atomic E-state index is 12.6. The summed E-state index contributed by atoms with van der Waals surface area (Å²) in [5.74, 6) is -0.511. The van der Waals surface area contributed by atoms with E-state index in [1.807, 2.05) is 37.3 Å². The highest BCUT2D eigenvalue weighted by molar-refractivity contribution is 7.89. The molecule has 0 aliphatic heterocycles. The first-order valence-electron chi connectivity index (χ1n) is 8.17. The van der Waals surface area contributed by atoms with Gasteiger partial charge in [0.05, 0.1) is 11.4 Å². The maximum absolute atomic E-state index is 12.6. The largest absolute Gasteiger partial charge is 0.276 e. The lowest BCUT2D eigenvalue weighted by Crippen LogP contribution is -2.41. The predicted molar refractivity (Wildman–Crippen MR) is 105 cm³/mol. The fourth-order valence-electron chi connectivity index (χ4n) is 2.81. The van der Waals surface area contributed by atoms with Gasteiger partial charge in [-0.1, -0.05) is 29.8 Å². The van der Waals surface area contributed by atoms with Gasteiger partial charge in [0, 0.05) is 12.6 Å². The number of hydrogen-bond donors (Lipinski definition) is 2. The van der Waals surface area contributed by atoms with Crippen molar-refractivity contribution in [3.8, 4) is 11.1 Å². The summed E-state index contributed by atoms with van der Waals surface area (Å²) in [5, 5.41) is 5.90. The molecule has 3 rings (SSSR count).